The lowest BCUT2D eigenvalue weighted by atomic mass is 9.85. The maximum absolute atomic E-state index is 5.68. The number of hydrogen-bond acceptors (Lipinski definition) is 0. The van der Waals surface area contributed by atoms with Crippen molar-refractivity contribution < 1.29 is 0 Å². The summed E-state index contributed by atoms with van der Waals surface area (Å²) in [5.74, 6) is 1.45. The van der Waals surface area contributed by atoms with Gasteiger partial charge >= 0.3 is 0 Å². The van der Waals surface area contributed by atoms with E-state index in [1.807, 2.05) is 6.08 Å². The van der Waals surface area contributed by atoms with Gasteiger partial charge in [-0.2, -0.15) is 0 Å². The molecule has 0 aliphatic carbocycles. The van der Waals surface area contributed by atoms with Crippen LogP contribution in [0.5, 0.6) is 0 Å². The third kappa shape index (κ3) is 6.28. The minimum absolute atomic E-state index is 0.201. The molecule has 2 heteroatoms. The van der Waals surface area contributed by atoms with E-state index in [2.05, 4.69) is 25.3 Å². The summed E-state index contributed by atoms with van der Waals surface area (Å²) in [5, 5.41) is 0. The largest absolute Gasteiger partial charge is 0.250 e. The summed E-state index contributed by atoms with van der Waals surface area (Å²) >= 11 is 0. The molecule has 0 saturated carbocycles. The molecule has 0 rings (SSSR count). The molecule has 0 saturated heterocycles. The van der Waals surface area contributed by atoms with Crippen LogP contribution in [0, 0.1) is 0 Å². The van der Waals surface area contributed by atoms with Crippen LogP contribution in [0.1, 0.15) is 6.42 Å². The van der Waals surface area contributed by atoms with E-state index in [0.717, 1.165) is 6.42 Å². The third-order valence-electron chi connectivity index (χ3n) is 1.37. The van der Waals surface area contributed by atoms with Crippen molar-refractivity contribution in [2.24, 2.45) is 0 Å². The summed E-state index contributed by atoms with van der Waals surface area (Å²) in [5.41, 5.74) is 0. The highest BCUT2D eigenvalue weighted by Gasteiger charge is 2.04. The zero-order chi connectivity index (χ0) is 8.20. The van der Waals surface area contributed by atoms with Gasteiger partial charge in [0.25, 0.3) is 0 Å². The molecule has 0 amide bonds. The first-order valence-electron chi connectivity index (χ1n) is 3.50. The lowest BCUT2D eigenvalue weighted by Crippen LogP contribution is -2.01. The standard InChI is InChI=1S/C8H17BS/c1-5-8(9)6-7-10(2,3)4/h5,8H,1,6-7H2,2-4H3. The fourth-order valence-corrected chi connectivity index (χ4v) is 1.59. The first-order valence-corrected chi connectivity index (χ1v) is 6.52. The maximum atomic E-state index is 5.68. The van der Waals surface area contributed by atoms with Crippen LogP contribution in [0.2, 0.25) is 5.82 Å². The van der Waals surface area contributed by atoms with Crippen molar-refractivity contribution in [1.29, 1.82) is 0 Å². The molecule has 0 aromatic carbocycles. The van der Waals surface area contributed by atoms with Gasteiger partial charge in [-0.15, -0.1) is 6.58 Å². The minimum atomic E-state index is -0.357. The van der Waals surface area contributed by atoms with Crippen LogP contribution in [-0.2, 0) is 0 Å². The van der Waals surface area contributed by atoms with Crippen LogP contribution in [0.15, 0.2) is 12.7 Å². The minimum Gasteiger partial charge on any atom is -0.250 e. The normalized spacial score (nSPS) is 16.3. The van der Waals surface area contributed by atoms with Crippen molar-refractivity contribution >= 4 is 17.9 Å². The molecule has 0 aromatic heterocycles. The van der Waals surface area contributed by atoms with E-state index in [0.29, 0.717) is 0 Å². The highest BCUT2D eigenvalue weighted by Crippen LogP contribution is 2.36. The molecule has 0 nitrogen and oxygen atoms in total. The Kier molecular flexibility index (Phi) is 4.18. The maximum Gasteiger partial charge on any atom is 0.0755 e. The van der Waals surface area contributed by atoms with Gasteiger partial charge in [0.05, 0.1) is 7.85 Å². The Morgan fingerprint density at radius 2 is 2.00 bits per heavy atom. The van der Waals surface area contributed by atoms with Gasteiger partial charge in [-0.3, -0.25) is 0 Å². The molecule has 58 valence electrons. The number of rotatable bonds is 4. The van der Waals surface area contributed by atoms with Crippen LogP contribution in [-0.4, -0.2) is 32.4 Å². The van der Waals surface area contributed by atoms with E-state index in [4.69, 9.17) is 7.85 Å². The van der Waals surface area contributed by atoms with E-state index in [1.165, 1.54) is 5.75 Å². The van der Waals surface area contributed by atoms with Gasteiger partial charge in [0.1, 0.15) is 0 Å². The van der Waals surface area contributed by atoms with Gasteiger partial charge in [0.15, 0.2) is 0 Å². The average Bonchev–Trinajstić information content (AvgIpc) is 1.81. The van der Waals surface area contributed by atoms with Gasteiger partial charge < -0.3 is 0 Å². The highest BCUT2D eigenvalue weighted by molar-refractivity contribution is 8.32. The van der Waals surface area contributed by atoms with Crippen LogP contribution >= 0.6 is 10.0 Å². The second-order valence-electron chi connectivity index (χ2n) is 3.48. The van der Waals surface area contributed by atoms with Gasteiger partial charge in [-0.05, 0) is 30.9 Å². The molecule has 0 aromatic rings. The van der Waals surface area contributed by atoms with Gasteiger partial charge in [0, 0.05) is 0 Å². The van der Waals surface area contributed by atoms with Gasteiger partial charge in [-0.1, -0.05) is 11.9 Å². The molecule has 2 radical (unpaired) electrons. The second-order valence-corrected chi connectivity index (χ2v) is 8.07. The molecular formula is C8H17BS. The molecule has 1 atom stereocenters. The van der Waals surface area contributed by atoms with Gasteiger partial charge in [-0.25, -0.2) is 10.0 Å². The number of allylic oxidation sites excluding steroid dienone is 1. The molecule has 0 spiro atoms. The van der Waals surface area contributed by atoms with Crippen molar-refractivity contribution in [3.8, 4) is 0 Å². The Morgan fingerprint density at radius 3 is 2.30 bits per heavy atom. The molecule has 0 N–H and O–H groups in total. The zero-order valence-corrected chi connectivity index (χ0v) is 8.08. The van der Waals surface area contributed by atoms with E-state index in [1.54, 1.807) is 0 Å². The summed E-state index contributed by atoms with van der Waals surface area (Å²) < 4.78 is 0. The lowest BCUT2D eigenvalue weighted by Gasteiger charge is -2.26. The lowest BCUT2D eigenvalue weighted by molar-refractivity contribution is 0.963. The van der Waals surface area contributed by atoms with Crippen LogP contribution in [0.3, 0.4) is 0 Å². The van der Waals surface area contributed by atoms with E-state index in [-0.39, 0.29) is 15.8 Å². The first-order chi connectivity index (χ1) is 4.45. The fraction of sp³-hybridized carbons (Fsp3) is 0.750. The Balaban J connectivity index is 3.45. The topological polar surface area (TPSA) is 0 Å². The van der Waals surface area contributed by atoms with Crippen LogP contribution in [0.4, 0.5) is 0 Å². The number of hydrogen-bond donors (Lipinski definition) is 0. The monoisotopic (exact) mass is 156 g/mol. The molecule has 0 aliphatic rings. The van der Waals surface area contributed by atoms with Crippen molar-refractivity contribution in [3.63, 3.8) is 0 Å². The predicted octanol–water partition coefficient (Wildman–Crippen LogP) is 2.21. The Labute approximate surface area is 67.8 Å². The summed E-state index contributed by atoms with van der Waals surface area (Å²) in [6.07, 6.45) is 9.84. The molecule has 1 unspecified atom stereocenters. The SMILES string of the molecule is [B]C(C=C)CCS(C)(C)C. The summed E-state index contributed by atoms with van der Waals surface area (Å²) in [6.45, 7) is 3.65. The van der Waals surface area contributed by atoms with E-state index < -0.39 is 0 Å². The second kappa shape index (κ2) is 4.12. The summed E-state index contributed by atoms with van der Waals surface area (Å²) in [6, 6.07) is 0. The third-order valence-corrected chi connectivity index (χ3v) is 2.83. The predicted molar refractivity (Wildman–Crippen MR) is 54.5 cm³/mol. The van der Waals surface area contributed by atoms with Crippen molar-refractivity contribution in [2.45, 2.75) is 12.2 Å². The smallest absolute Gasteiger partial charge is 0.0755 e. The molecule has 0 heterocycles. The summed E-state index contributed by atoms with van der Waals surface area (Å²) in [4.78, 5) is 0. The zero-order valence-electron chi connectivity index (χ0n) is 7.26. The quantitative estimate of drug-likeness (QED) is 0.432. The van der Waals surface area contributed by atoms with E-state index >= 15 is 0 Å². The molecular weight excluding hydrogens is 139 g/mol. The van der Waals surface area contributed by atoms with Gasteiger partial charge in [0.2, 0.25) is 0 Å². The Bertz CT molecular complexity index is 104. The Hall–Kier alpha value is 0.155. The molecule has 10 heavy (non-hydrogen) atoms. The Morgan fingerprint density at radius 1 is 1.50 bits per heavy atom. The highest BCUT2D eigenvalue weighted by atomic mass is 32.3. The average molecular weight is 156 g/mol. The molecule has 0 aliphatic heterocycles. The fourth-order valence-electron chi connectivity index (χ4n) is 0.607. The first kappa shape index (κ1) is 10.2. The molecule has 0 fully saturated rings. The van der Waals surface area contributed by atoms with E-state index in [9.17, 15) is 0 Å². The van der Waals surface area contributed by atoms with Crippen molar-refractivity contribution in [3.05, 3.63) is 12.7 Å². The summed E-state index contributed by atoms with van der Waals surface area (Å²) in [7, 11) is 5.32. The van der Waals surface area contributed by atoms with Crippen molar-refractivity contribution in [2.75, 3.05) is 24.5 Å². The van der Waals surface area contributed by atoms with Crippen molar-refractivity contribution in [1.82, 2.24) is 0 Å². The molecule has 0 bridgehead atoms. The van der Waals surface area contributed by atoms with Crippen LogP contribution in [0.25, 0.3) is 0 Å². The van der Waals surface area contributed by atoms with Crippen LogP contribution < -0.4 is 0 Å².